The minimum Gasteiger partial charge on any atom is -0.379 e. The molecule has 0 spiro atoms. The van der Waals surface area contributed by atoms with Crippen LogP contribution < -0.4 is 5.43 Å². The fraction of sp³-hybridized carbons (Fsp3) is 0.562. The van der Waals surface area contributed by atoms with Crippen molar-refractivity contribution in [3.8, 4) is 0 Å². The number of halogens is 1. The van der Waals surface area contributed by atoms with Gasteiger partial charge in [0, 0.05) is 31.7 Å². The molecule has 2 aliphatic rings. The van der Waals surface area contributed by atoms with E-state index < -0.39 is 10.0 Å². The van der Waals surface area contributed by atoms with Crippen LogP contribution in [0.2, 0.25) is 5.02 Å². The van der Waals surface area contributed by atoms with Gasteiger partial charge in [-0.1, -0.05) is 18.0 Å². The average molecular weight is 388 g/mol. The number of morpholine rings is 1. The van der Waals surface area contributed by atoms with Gasteiger partial charge in [-0.05, 0) is 31.0 Å². The molecule has 138 valence electrons. The van der Waals surface area contributed by atoms with Crippen LogP contribution in [0.3, 0.4) is 0 Å². The van der Waals surface area contributed by atoms with E-state index in [2.05, 4.69) is 5.43 Å². The maximum atomic E-state index is 12.8. The summed E-state index contributed by atoms with van der Waals surface area (Å²) in [6, 6.07) is 4.35. The zero-order valence-electron chi connectivity index (χ0n) is 13.9. The quantitative estimate of drug-likeness (QED) is 0.846. The third-order valence-electron chi connectivity index (χ3n) is 4.40. The topological polar surface area (TPSA) is 79.0 Å². The van der Waals surface area contributed by atoms with Crippen molar-refractivity contribution in [2.24, 2.45) is 0 Å². The predicted octanol–water partition coefficient (Wildman–Crippen LogP) is 1.49. The third-order valence-corrected chi connectivity index (χ3v) is 6.78. The lowest BCUT2D eigenvalue weighted by Gasteiger charge is -2.27. The molecule has 1 aromatic rings. The smallest absolute Gasteiger partial charge is 0.265 e. The molecule has 2 saturated heterocycles. The van der Waals surface area contributed by atoms with Gasteiger partial charge in [0.2, 0.25) is 10.0 Å². The summed E-state index contributed by atoms with van der Waals surface area (Å²) < 4.78 is 32.2. The Morgan fingerprint density at radius 3 is 2.44 bits per heavy atom. The van der Waals surface area contributed by atoms with Crippen molar-refractivity contribution < 1.29 is 17.9 Å². The lowest BCUT2D eigenvalue weighted by molar-refractivity contribution is 0.0729. The van der Waals surface area contributed by atoms with Gasteiger partial charge in [0.1, 0.15) is 4.90 Å². The van der Waals surface area contributed by atoms with Gasteiger partial charge in [-0.25, -0.2) is 13.4 Å². The number of hydrogen-bond donors (Lipinski definition) is 1. The maximum absolute atomic E-state index is 12.8. The van der Waals surface area contributed by atoms with E-state index in [4.69, 9.17) is 16.3 Å². The Hall–Kier alpha value is -1.19. The Morgan fingerprint density at radius 2 is 1.76 bits per heavy atom. The van der Waals surface area contributed by atoms with Gasteiger partial charge >= 0.3 is 0 Å². The molecule has 25 heavy (non-hydrogen) atoms. The molecule has 0 aliphatic carbocycles. The van der Waals surface area contributed by atoms with Crippen LogP contribution in [-0.2, 0) is 14.8 Å². The highest BCUT2D eigenvalue weighted by molar-refractivity contribution is 7.89. The van der Waals surface area contributed by atoms with Crippen molar-refractivity contribution >= 4 is 27.5 Å². The lowest BCUT2D eigenvalue weighted by atomic mass is 10.1. The van der Waals surface area contributed by atoms with Crippen LogP contribution in [0, 0.1) is 0 Å². The number of benzene rings is 1. The second-order valence-electron chi connectivity index (χ2n) is 6.15. The third kappa shape index (κ3) is 4.32. The molecule has 7 nitrogen and oxygen atoms in total. The van der Waals surface area contributed by atoms with Crippen LogP contribution in [0.5, 0.6) is 0 Å². The van der Waals surface area contributed by atoms with Crippen molar-refractivity contribution in [2.45, 2.75) is 24.2 Å². The number of amides is 1. The average Bonchev–Trinajstić information content (AvgIpc) is 2.63. The van der Waals surface area contributed by atoms with E-state index in [1.807, 2.05) is 5.01 Å². The standard InChI is InChI=1S/C16H22ClN3O4S/c17-14-5-4-13(16(21)18-19-6-2-1-3-7-19)12-15(14)25(22,23)20-8-10-24-11-9-20/h4-5,12H,1-3,6-11H2,(H,18,21). The molecule has 1 N–H and O–H groups in total. The van der Waals surface area contributed by atoms with Crippen molar-refractivity contribution in [3.63, 3.8) is 0 Å². The second-order valence-corrected chi connectivity index (χ2v) is 8.46. The van der Waals surface area contributed by atoms with Crippen molar-refractivity contribution in [2.75, 3.05) is 39.4 Å². The van der Waals surface area contributed by atoms with Gasteiger partial charge in [-0.15, -0.1) is 0 Å². The number of rotatable bonds is 4. The predicted molar refractivity (Wildman–Crippen MR) is 93.9 cm³/mol. The van der Waals surface area contributed by atoms with E-state index in [9.17, 15) is 13.2 Å². The van der Waals surface area contributed by atoms with Crippen molar-refractivity contribution in [3.05, 3.63) is 28.8 Å². The highest BCUT2D eigenvalue weighted by atomic mass is 35.5. The van der Waals surface area contributed by atoms with Crippen molar-refractivity contribution in [1.29, 1.82) is 0 Å². The molecule has 1 amide bonds. The molecule has 0 atom stereocenters. The highest BCUT2D eigenvalue weighted by Gasteiger charge is 2.29. The Labute approximate surface area is 152 Å². The van der Waals surface area contributed by atoms with Crippen LogP contribution in [0.1, 0.15) is 29.6 Å². The van der Waals surface area contributed by atoms with Crippen LogP contribution in [0.4, 0.5) is 0 Å². The van der Waals surface area contributed by atoms with Crippen LogP contribution in [0.15, 0.2) is 23.1 Å². The number of sulfonamides is 1. The van der Waals surface area contributed by atoms with Crippen LogP contribution in [-0.4, -0.2) is 63.0 Å². The summed E-state index contributed by atoms with van der Waals surface area (Å²) in [7, 11) is -3.75. The van der Waals surface area contributed by atoms with Crippen LogP contribution >= 0.6 is 11.6 Å². The zero-order chi connectivity index (χ0) is 17.9. The normalized spacial score (nSPS) is 20.4. The number of carbonyl (C=O) groups is 1. The van der Waals surface area contributed by atoms with Gasteiger partial charge in [-0.3, -0.25) is 10.2 Å². The summed E-state index contributed by atoms with van der Waals surface area (Å²) in [5, 5.41) is 1.98. The number of hydrazine groups is 1. The van der Waals surface area contributed by atoms with Gasteiger partial charge < -0.3 is 4.74 Å². The summed E-state index contributed by atoms with van der Waals surface area (Å²) in [5.74, 6) is -0.322. The SMILES string of the molecule is O=C(NN1CCCCC1)c1ccc(Cl)c(S(=O)(=O)N2CCOCC2)c1. The molecule has 0 bridgehead atoms. The first-order valence-corrected chi connectivity index (χ1v) is 10.2. The first-order valence-electron chi connectivity index (χ1n) is 8.42. The molecule has 9 heteroatoms. The van der Waals surface area contributed by atoms with E-state index in [-0.39, 0.29) is 34.5 Å². The molecule has 0 unspecified atom stereocenters. The monoisotopic (exact) mass is 387 g/mol. The first-order chi connectivity index (χ1) is 12.0. The van der Waals surface area contributed by atoms with Gasteiger partial charge in [0.25, 0.3) is 5.91 Å². The van der Waals surface area contributed by atoms with E-state index in [1.54, 1.807) is 6.07 Å². The molecule has 2 heterocycles. The van der Waals surface area contributed by atoms with E-state index in [1.165, 1.54) is 16.4 Å². The molecule has 0 radical (unpaired) electrons. The van der Waals surface area contributed by atoms with E-state index in [0.29, 0.717) is 13.2 Å². The number of hydrogen-bond acceptors (Lipinski definition) is 5. The van der Waals surface area contributed by atoms with Gasteiger partial charge in [0.05, 0.1) is 18.2 Å². The van der Waals surface area contributed by atoms with Crippen LogP contribution in [0.25, 0.3) is 0 Å². The fourth-order valence-electron chi connectivity index (χ4n) is 2.98. The Kier molecular flexibility index (Phi) is 5.96. The highest BCUT2D eigenvalue weighted by Crippen LogP contribution is 2.26. The summed E-state index contributed by atoms with van der Waals surface area (Å²) in [4.78, 5) is 12.4. The first kappa shape index (κ1) is 18.6. The summed E-state index contributed by atoms with van der Waals surface area (Å²) >= 11 is 6.12. The summed E-state index contributed by atoms with van der Waals surface area (Å²) in [5.41, 5.74) is 3.12. The number of nitrogens with one attached hydrogen (secondary N) is 1. The second kappa shape index (κ2) is 8.01. The number of carbonyl (C=O) groups excluding carboxylic acids is 1. The number of piperidine rings is 1. The van der Waals surface area contributed by atoms with Gasteiger partial charge in [-0.2, -0.15) is 4.31 Å². The molecular formula is C16H22ClN3O4S. The molecule has 0 saturated carbocycles. The minimum atomic E-state index is -3.75. The Balaban J connectivity index is 1.81. The van der Waals surface area contributed by atoms with Gasteiger partial charge in [0.15, 0.2) is 0 Å². The number of ether oxygens (including phenoxy) is 1. The molecule has 3 rings (SSSR count). The molecule has 1 aromatic carbocycles. The fourth-order valence-corrected chi connectivity index (χ4v) is 4.89. The largest absolute Gasteiger partial charge is 0.379 e. The summed E-state index contributed by atoms with van der Waals surface area (Å²) in [6.07, 6.45) is 3.24. The molecule has 2 aliphatic heterocycles. The van der Waals surface area contributed by atoms with Crippen molar-refractivity contribution in [1.82, 2.24) is 14.7 Å². The van der Waals surface area contributed by atoms with E-state index >= 15 is 0 Å². The Bertz CT molecular complexity index is 729. The molecular weight excluding hydrogens is 366 g/mol. The maximum Gasteiger partial charge on any atom is 0.265 e. The Morgan fingerprint density at radius 1 is 1.08 bits per heavy atom. The lowest BCUT2D eigenvalue weighted by Crippen LogP contribution is -2.45. The molecule has 2 fully saturated rings. The molecule has 0 aromatic heterocycles. The summed E-state index contributed by atoms with van der Waals surface area (Å²) in [6.45, 7) is 2.88. The van der Waals surface area contributed by atoms with E-state index in [0.717, 1.165) is 32.4 Å². The number of nitrogens with zero attached hydrogens (tertiary/aromatic N) is 2. The zero-order valence-corrected chi connectivity index (χ0v) is 15.5. The minimum absolute atomic E-state index is 0.0395.